The molecule has 0 fully saturated rings. The predicted octanol–water partition coefficient (Wildman–Crippen LogP) is 3.91. The molecule has 0 bridgehead atoms. The smallest absolute Gasteiger partial charge is 0.315 e. The lowest BCUT2D eigenvalue weighted by Crippen LogP contribution is -2.28. The molecule has 0 radical (unpaired) electrons. The normalized spacial score (nSPS) is 16.3. The van der Waals surface area contributed by atoms with Crippen LogP contribution in [0.5, 0.6) is 0 Å². The molecule has 1 amide bonds. The van der Waals surface area contributed by atoms with Crippen LogP contribution in [0.4, 0.5) is 0 Å². The van der Waals surface area contributed by atoms with Gasteiger partial charge in [-0.15, -0.1) is 11.8 Å². The topological polar surface area (TPSA) is 72.1 Å². The number of rotatable bonds is 7. The Balaban J connectivity index is 1.73. The van der Waals surface area contributed by atoms with E-state index in [4.69, 9.17) is 20.8 Å². The number of carbonyl (C=O) groups is 2. The van der Waals surface area contributed by atoms with E-state index in [1.807, 2.05) is 18.2 Å². The number of ether oxygens (including phenoxy) is 1. The van der Waals surface area contributed by atoms with Gasteiger partial charge in [-0.05, 0) is 36.8 Å². The van der Waals surface area contributed by atoms with Gasteiger partial charge in [-0.25, -0.2) is 5.01 Å². The van der Waals surface area contributed by atoms with Crippen molar-refractivity contribution in [3.8, 4) is 0 Å². The summed E-state index contributed by atoms with van der Waals surface area (Å²) in [5, 5.41) is 6.61. The van der Waals surface area contributed by atoms with E-state index in [1.165, 1.54) is 16.8 Å². The summed E-state index contributed by atoms with van der Waals surface area (Å²) >= 11 is 7.16. The van der Waals surface area contributed by atoms with Crippen molar-refractivity contribution in [1.29, 1.82) is 0 Å². The van der Waals surface area contributed by atoms with E-state index >= 15 is 0 Å². The fraction of sp³-hybridized carbons (Fsp3) is 0.316. The van der Waals surface area contributed by atoms with Crippen LogP contribution < -0.4 is 0 Å². The summed E-state index contributed by atoms with van der Waals surface area (Å²) in [6.07, 6.45) is 2.12. The molecule has 6 nitrogen and oxygen atoms in total. The van der Waals surface area contributed by atoms with Gasteiger partial charge in [0, 0.05) is 11.4 Å². The van der Waals surface area contributed by atoms with Crippen LogP contribution in [0.2, 0.25) is 5.02 Å². The van der Waals surface area contributed by atoms with Gasteiger partial charge >= 0.3 is 5.97 Å². The summed E-state index contributed by atoms with van der Waals surface area (Å²) < 4.78 is 10.4. The monoisotopic (exact) mass is 406 g/mol. The van der Waals surface area contributed by atoms with Crippen molar-refractivity contribution < 1.29 is 18.7 Å². The highest BCUT2D eigenvalue weighted by Gasteiger charge is 2.34. The fourth-order valence-corrected chi connectivity index (χ4v) is 3.54. The fourth-order valence-electron chi connectivity index (χ4n) is 2.75. The SMILES string of the molecule is CCOC(=O)CSCC(=O)N1N=C(c2ccc(Cl)cc2)C[C@@H]1c1ccco1. The molecule has 3 rings (SSSR count). The Hall–Kier alpha value is -2.25. The largest absolute Gasteiger partial charge is 0.467 e. The van der Waals surface area contributed by atoms with Crippen molar-refractivity contribution in [2.75, 3.05) is 18.1 Å². The number of furan rings is 1. The number of benzene rings is 1. The van der Waals surface area contributed by atoms with Gasteiger partial charge in [0.25, 0.3) is 5.91 Å². The number of halogens is 1. The van der Waals surface area contributed by atoms with E-state index in [2.05, 4.69) is 5.10 Å². The van der Waals surface area contributed by atoms with Crippen LogP contribution in [0, 0.1) is 0 Å². The van der Waals surface area contributed by atoms with E-state index in [-0.39, 0.29) is 29.4 Å². The van der Waals surface area contributed by atoms with Crippen LogP contribution >= 0.6 is 23.4 Å². The lowest BCUT2D eigenvalue weighted by molar-refractivity contribution is -0.139. The summed E-state index contributed by atoms with van der Waals surface area (Å²) in [5.41, 5.74) is 1.70. The van der Waals surface area contributed by atoms with Crippen LogP contribution in [0.15, 0.2) is 52.2 Å². The van der Waals surface area contributed by atoms with Gasteiger partial charge in [0.1, 0.15) is 11.8 Å². The first-order valence-corrected chi connectivity index (χ1v) is 10.0. The van der Waals surface area contributed by atoms with E-state index in [0.717, 1.165) is 11.3 Å². The first-order valence-electron chi connectivity index (χ1n) is 8.50. The molecule has 2 aromatic rings. The standard InChI is InChI=1S/C19H19ClN2O4S/c1-2-25-19(24)12-27-11-18(23)22-16(17-4-3-9-26-17)10-15(21-22)13-5-7-14(20)8-6-13/h3-9,16H,2,10-12H2,1H3/t16-/m1/s1. The van der Waals surface area contributed by atoms with Crippen molar-refractivity contribution in [2.24, 2.45) is 5.10 Å². The first-order chi connectivity index (χ1) is 13.1. The Morgan fingerprint density at radius 2 is 2.07 bits per heavy atom. The first kappa shape index (κ1) is 19.5. The van der Waals surface area contributed by atoms with Gasteiger partial charge in [0.15, 0.2) is 0 Å². The van der Waals surface area contributed by atoms with Gasteiger partial charge in [-0.3, -0.25) is 9.59 Å². The summed E-state index contributed by atoms with van der Waals surface area (Å²) in [5.74, 6) is 0.422. The number of nitrogens with zero attached hydrogens (tertiary/aromatic N) is 2. The molecule has 1 aliphatic rings. The maximum atomic E-state index is 12.7. The van der Waals surface area contributed by atoms with Crippen LogP contribution in [0.1, 0.15) is 30.7 Å². The van der Waals surface area contributed by atoms with Crippen molar-refractivity contribution in [1.82, 2.24) is 5.01 Å². The summed E-state index contributed by atoms with van der Waals surface area (Å²) in [6.45, 7) is 2.08. The molecule has 0 spiro atoms. The van der Waals surface area contributed by atoms with Crippen molar-refractivity contribution in [3.63, 3.8) is 0 Å². The molecular formula is C19H19ClN2O4S. The number of hydrazone groups is 1. The van der Waals surface area contributed by atoms with E-state index in [1.54, 1.807) is 31.4 Å². The molecule has 1 aromatic carbocycles. The minimum absolute atomic E-state index is 0.132. The third kappa shape index (κ3) is 4.93. The average molecular weight is 407 g/mol. The zero-order valence-electron chi connectivity index (χ0n) is 14.8. The Bertz CT molecular complexity index is 821. The highest BCUT2D eigenvalue weighted by atomic mass is 35.5. The molecule has 27 heavy (non-hydrogen) atoms. The zero-order chi connectivity index (χ0) is 19.2. The Labute approximate surface area is 166 Å². The number of amides is 1. The molecule has 0 N–H and O–H groups in total. The molecule has 142 valence electrons. The van der Waals surface area contributed by atoms with E-state index in [9.17, 15) is 9.59 Å². The number of esters is 1. The number of hydrogen-bond acceptors (Lipinski definition) is 6. The van der Waals surface area contributed by atoms with Crippen LogP contribution in [-0.2, 0) is 14.3 Å². The van der Waals surface area contributed by atoms with Crippen LogP contribution in [0.25, 0.3) is 0 Å². The minimum Gasteiger partial charge on any atom is -0.467 e. The highest BCUT2D eigenvalue weighted by molar-refractivity contribution is 8.00. The summed E-state index contributed by atoms with van der Waals surface area (Å²) in [7, 11) is 0. The van der Waals surface area contributed by atoms with Gasteiger partial charge < -0.3 is 9.15 Å². The second kappa shape index (κ2) is 9.10. The molecular weight excluding hydrogens is 388 g/mol. The number of thioether (sulfide) groups is 1. The quantitative estimate of drug-likeness (QED) is 0.652. The lowest BCUT2D eigenvalue weighted by Gasteiger charge is -2.19. The van der Waals surface area contributed by atoms with Gasteiger partial charge in [-0.2, -0.15) is 5.10 Å². The van der Waals surface area contributed by atoms with Gasteiger partial charge in [0.2, 0.25) is 0 Å². The molecule has 0 saturated heterocycles. The second-order valence-corrected chi connectivity index (χ2v) is 7.25. The molecule has 8 heteroatoms. The second-order valence-electron chi connectivity index (χ2n) is 5.83. The molecule has 2 heterocycles. The van der Waals surface area contributed by atoms with E-state index < -0.39 is 0 Å². The lowest BCUT2D eigenvalue weighted by atomic mass is 10.0. The molecule has 1 aliphatic heterocycles. The van der Waals surface area contributed by atoms with Crippen LogP contribution in [-0.4, -0.2) is 40.7 Å². The predicted molar refractivity (Wildman–Crippen MR) is 105 cm³/mol. The van der Waals surface area contributed by atoms with Crippen molar-refractivity contribution in [3.05, 3.63) is 59.0 Å². The average Bonchev–Trinajstić information content (AvgIpc) is 3.32. The third-order valence-corrected chi connectivity index (χ3v) is 5.11. The van der Waals surface area contributed by atoms with Crippen molar-refractivity contribution >= 4 is 41.0 Å². The molecule has 1 aromatic heterocycles. The Kier molecular flexibility index (Phi) is 6.58. The minimum atomic E-state index is -0.329. The van der Waals surface area contributed by atoms with Crippen molar-refractivity contribution in [2.45, 2.75) is 19.4 Å². The Morgan fingerprint density at radius 1 is 1.30 bits per heavy atom. The van der Waals surface area contributed by atoms with Gasteiger partial charge in [-0.1, -0.05) is 23.7 Å². The maximum Gasteiger partial charge on any atom is 0.315 e. The summed E-state index contributed by atoms with van der Waals surface area (Å²) in [4.78, 5) is 24.1. The summed E-state index contributed by atoms with van der Waals surface area (Å²) in [6, 6.07) is 10.7. The van der Waals surface area contributed by atoms with Crippen LogP contribution in [0.3, 0.4) is 0 Å². The molecule has 0 aliphatic carbocycles. The Morgan fingerprint density at radius 3 is 2.74 bits per heavy atom. The maximum absolute atomic E-state index is 12.7. The molecule has 0 saturated carbocycles. The number of hydrogen-bond donors (Lipinski definition) is 0. The third-order valence-electron chi connectivity index (χ3n) is 3.97. The number of carbonyl (C=O) groups excluding carboxylic acids is 2. The molecule has 0 unspecified atom stereocenters. The van der Waals surface area contributed by atoms with Gasteiger partial charge in [0.05, 0.1) is 30.1 Å². The highest BCUT2D eigenvalue weighted by Crippen LogP contribution is 2.33. The van der Waals surface area contributed by atoms with E-state index in [0.29, 0.717) is 23.8 Å². The zero-order valence-corrected chi connectivity index (χ0v) is 16.3. The molecule has 1 atom stereocenters.